The van der Waals surface area contributed by atoms with Crippen LogP contribution in [0.5, 0.6) is 0 Å². The molecule has 4 heteroatoms. The molecule has 1 N–H and O–H groups in total. The molecule has 1 aromatic heterocycles. The van der Waals surface area contributed by atoms with E-state index >= 15 is 0 Å². The fourth-order valence-corrected chi connectivity index (χ4v) is 4.52. The first-order chi connectivity index (χ1) is 13.2. The Morgan fingerprint density at radius 1 is 1.19 bits per heavy atom. The molecule has 3 aliphatic rings. The summed E-state index contributed by atoms with van der Waals surface area (Å²) in [6, 6.07) is 2.06. The van der Waals surface area contributed by atoms with E-state index in [1.54, 1.807) is 0 Å². The van der Waals surface area contributed by atoms with Crippen molar-refractivity contribution < 1.29 is 4.79 Å². The minimum absolute atomic E-state index is 0.459. The van der Waals surface area contributed by atoms with Gasteiger partial charge < -0.3 is 5.32 Å². The molecule has 152 valence electrons. The lowest BCUT2D eigenvalue weighted by Gasteiger charge is -2.53. The molecule has 2 saturated carbocycles. The van der Waals surface area contributed by atoms with Gasteiger partial charge in [-0.2, -0.15) is 0 Å². The van der Waals surface area contributed by atoms with Crippen molar-refractivity contribution in [2.45, 2.75) is 91.4 Å². The van der Waals surface area contributed by atoms with E-state index in [0.717, 1.165) is 31.8 Å². The predicted molar refractivity (Wildman–Crippen MR) is 112 cm³/mol. The average molecular weight is 374 g/mol. The van der Waals surface area contributed by atoms with Crippen molar-refractivity contribution in [2.24, 2.45) is 11.3 Å². The molecule has 2 aliphatic carbocycles. The lowest BCUT2D eigenvalue weighted by atomic mass is 9.51. The van der Waals surface area contributed by atoms with Crippen molar-refractivity contribution in [1.29, 1.82) is 0 Å². The van der Waals surface area contributed by atoms with Crippen LogP contribution in [0.2, 0.25) is 0 Å². The third-order valence-electron chi connectivity index (χ3n) is 6.38. The molecule has 0 aromatic carbocycles. The van der Waals surface area contributed by atoms with E-state index in [9.17, 15) is 4.79 Å². The lowest BCUT2D eigenvalue weighted by Crippen LogP contribution is -2.45. The first-order valence-electron chi connectivity index (χ1n) is 11.2. The Morgan fingerprint density at radius 2 is 1.85 bits per heavy atom. The van der Waals surface area contributed by atoms with Crippen LogP contribution in [0.25, 0.3) is 0 Å². The van der Waals surface area contributed by atoms with E-state index in [1.807, 2.05) is 27.0 Å². The number of nitrogens with one attached hydrogen (secondary N) is 1. The number of hydrogen-bond acceptors (Lipinski definition) is 4. The second kappa shape index (κ2) is 10.9. The number of Topliss-reactive ketones (excluding diaryl/α,β-unsaturated/α-hetero) is 1. The summed E-state index contributed by atoms with van der Waals surface area (Å²) < 4.78 is 0. The van der Waals surface area contributed by atoms with Gasteiger partial charge in [-0.15, -0.1) is 0 Å². The topological polar surface area (TPSA) is 54.9 Å². The van der Waals surface area contributed by atoms with Gasteiger partial charge in [-0.05, 0) is 63.1 Å². The first-order valence-corrected chi connectivity index (χ1v) is 11.2. The van der Waals surface area contributed by atoms with Crippen molar-refractivity contribution in [2.75, 3.05) is 13.1 Å². The van der Waals surface area contributed by atoms with Crippen LogP contribution in [-0.2, 0) is 11.2 Å². The van der Waals surface area contributed by atoms with Gasteiger partial charge in [0.05, 0.1) is 0 Å². The van der Waals surface area contributed by atoms with Crippen molar-refractivity contribution in [3.63, 3.8) is 0 Å². The van der Waals surface area contributed by atoms with E-state index in [1.165, 1.54) is 50.6 Å². The zero-order valence-corrected chi connectivity index (χ0v) is 17.9. The van der Waals surface area contributed by atoms with Crippen LogP contribution in [0.4, 0.5) is 0 Å². The lowest BCUT2D eigenvalue weighted by molar-refractivity contribution is -0.134. The van der Waals surface area contributed by atoms with E-state index in [2.05, 4.69) is 28.3 Å². The smallest absolute Gasteiger partial charge is 0.135 e. The number of aromatic nitrogens is 2. The SMILES string of the molecule is CC.CCC(=O)C1CC2(CCC2)C1.CCc1nccc(C2CCNCC2)n1. The minimum atomic E-state index is 0.459. The maximum Gasteiger partial charge on any atom is 0.135 e. The molecule has 2 heterocycles. The standard InChI is InChI=1S/C11H17N3.C10H16O.C2H6/c1-2-11-13-8-5-10(14-11)9-3-6-12-7-4-9;1-2-9(11)8-6-10(7-8)4-3-5-10;1-2/h5,8-9,12H,2-4,6-7H2,1H3;8H,2-7H2,1H3;1-2H3. The number of hydrogen-bond donors (Lipinski definition) is 1. The summed E-state index contributed by atoms with van der Waals surface area (Å²) in [5, 5.41) is 3.37. The monoisotopic (exact) mass is 373 g/mol. The van der Waals surface area contributed by atoms with Crippen LogP contribution in [0, 0.1) is 11.3 Å². The highest BCUT2D eigenvalue weighted by atomic mass is 16.1. The molecule has 1 spiro atoms. The van der Waals surface area contributed by atoms with E-state index in [0.29, 0.717) is 23.0 Å². The highest BCUT2D eigenvalue weighted by Crippen LogP contribution is 2.58. The molecule has 4 rings (SSSR count). The molecule has 4 nitrogen and oxygen atoms in total. The molecular weight excluding hydrogens is 334 g/mol. The summed E-state index contributed by atoms with van der Waals surface area (Å²) in [5.41, 5.74) is 1.91. The average Bonchev–Trinajstić information content (AvgIpc) is 2.68. The number of carbonyl (C=O) groups is 1. The Hall–Kier alpha value is -1.29. The summed E-state index contributed by atoms with van der Waals surface area (Å²) in [6.45, 7) is 10.3. The molecule has 0 amide bonds. The summed E-state index contributed by atoms with van der Waals surface area (Å²) >= 11 is 0. The highest BCUT2D eigenvalue weighted by molar-refractivity contribution is 5.81. The van der Waals surface area contributed by atoms with Crippen molar-refractivity contribution >= 4 is 5.78 Å². The maximum atomic E-state index is 11.2. The van der Waals surface area contributed by atoms with Crippen LogP contribution in [0.1, 0.15) is 96.5 Å². The molecule has 0 bridgehead atoms. The fourth-order valence-electron chi connectivity index (χ4n) is 4.52. The van der Waals surface area contributed by atoms with Crippen LogP contribution < -0.4 is 5.32 Å². The van der Waals surface area contributed by atoms with Crippen LogP contribution in [-0.4, -0.2) is 28.8 Å². The fraction of sp³-hybridized carbons (Fsp3) is 0.783. The molecule has 1 aromatic rings. The Labute approximate surface area is 166 Å². The molecule has 1 aliphatic heterocycles. The predicted octanol–water partition coefficient (Wildman–Crippen LogP) is 5.08. The molecule has 1 saturated heterocycles. The number of rotatable bonds is 4. The van der Waals surface area contributed by atoms with Crippen LogP contribution in [0.3, 0.4) is 0 Å². The Balaban J connectivity index is 0.000000181. The molecule has 27 heavy (non-hydrogen) atoms. The summed E-state index contributed by atoms with van der Waals surface area (Å²) in [4.78, 5) is 20.0. The van der Waals surface area contributed by atoms with Crippen molar-refractivity contribution in [3.05, 3.63) is 23.8 Å². The second-order valence-electron chi connectivity index (χ2n) is 8.05. The van der Waals surface area contributed by atoms with Gasteiger partial charge in [-0.25, -0.2) is 9.97 Å². The van der Waals surface area contributed by atoms with E-state index in [4.69, 9.17) is 0 Å². The third-order valence-corrected chi connectivity index (χ3v) is 6.38. The van der Waals surface area contributed by atoms with Gasteiger partial charge in [0.25, 0.3) is 0 Å². The van der Waals surface area contributed by atoms with E-state index in [-0.39, 0.29) is 0 Å². The van der Waals surface area contributed by atoms with Gasteiger partial charge in [0.2, 0.25) is 0 Å². The number of piperidine rings is 1. The van der Waals surface area contributed by atoms with Crippen LogP contribution in [0.15, 0.2) is 12.3 Å². The Bertz CT molecular complexity index is 569. The normalized spacial score (nSPS) is 21.0. The largest absolute Gasteiger partial charge is 0.317 e. The molecule has 0 atom stereocenters. The van der Waals surface area contributed by atoms with Crippen LogP contribution >= 0.6 is 0 Å². The van der Waals surface area contributed by atoms with Gasteiger partial charge in [0, 0.05) is 36.6 Å². The minimum Gasteiger partial charge on any atom is -0.317 e. The molecule has 0 unspecified atom stereocenters. The van der Waals surface area contributed by atoms with Crippen molar-refractivity contribution in [1.82, 2.24) is 15.3 Å². The molecular formula is C23H39N3O. The number of ketones is 1. The van der Waals surface area contributed by atoms with Gasteiger partial charge in [0.15, 0.2) is 0 Å². The molecule has 3 fully saturated rings. The number of nitrogens with zero attached hydrogens (tertiary/aromatic N) is 2. The second-order valence-corrected chi connectivity index (χ2v) is 8.05. The molecule has 0 radical (unpaired) electrons. The van der Waals surface area contributed by atoms with Gasteiger partial charge in [0.1, 0.15) is 11.6 Å². The first kappa shape index (κ1) is 22.0. The zero-order valence-electron chi connectivity index (χ0n) is 17.9. The van der Waals surface area contributed by atoms with Gasteiger partial charge >= 0.3 is 0 Å². The summed E-state index contributed by atoms with van der Waals surface area (Å²) in [5.74, 6) is 2.58. The van der Waals surface area contributed by atoms with Crippen molar-refractivity contribution in [3.8, 4) is 0 Å². The Morgan fingerprint density at radius 3 is 2.37 bits per heavy atom. The zero-order chi connectivity index (χ0) is 19.7. The maximum absolute atomic E-state index is 11.2. The Kier molecular flexibility index (Phi) is 8.88. The van der Waals surface area contributed by atoms with Gasteiger partial charge in [-0.1, -0.05) is 34.1 Å². The summed E-state index contributed by atoms with van der Waals surface area (Å²) in [7, 11) is 0. The quantitative estimate of drug-likeness (QED) is 0.800. The number of carbonyl (C=O) groups excluding carboxylic acids is 1. The van der Waals surface area contributed by atoms with Gasteiger partial charge in [-0.3, -0.25) is 4.79 Å². The third kappa shape index (κ3) is 5.84. The number of aryl methyl sites for hydroxylation is 1. The highest BCUT2D eigenvalue weighted by Gasteiger charge is 2.49. The summed E-state index contributed by atoms with van der Waals surface area (Å²) in [6.07, 6.45) is 12.6. The van der Waals surface area contributed by atoms with E-state index < -0.39 is 0 Å².